The second kappa shape index (κ2) is 12.3. The number of aromatic nitrogens is 3. The highest BCUT2D eigenvalue weighted by atomic mass is 32.1. The lowest BCUT2D eigenvalue weighted by Crippen LogP contribution is -2.00. The Kier molecular flexibility index (Phi) is 7.00. The van der Waals surface area contributed by atoms with E-state index in [0.717, 1.165) is 55.3 Å². The van der Waals surface area contributed by atoms with Crippen molar-refractivity contribution in [3.05, 3.63) is 176 Å². The van der Waals surface area contributed by atoms with Crippen molar-refractivity contribution in [2.24, 2.45) is 0 Å². The summed E-state index contributed by atoms with van der Waals surface area (Å²) in [5.74, 6) is 1.92. The van der Waals surface area contributed by atoms with Gasteiger partial charge < -0.3 is 4.42 Å². The standard InChI is InChI=1S/C49H29N3OS/c1-2-12-31(13-3-1)47-50-48(52-49(51-47)40-19-10-22-44-46(40)39-17-6-7-21-43(39)54-44)36-16-8-15-35(28-36)37-18-9-20-41-45(37)38-26-25-34(29-42(38)53-41)33-24-23-30-11-4-5-14-32(30)27-33/h1-29H. The van der Waals surface area contributed by atoms with Gasteiger partial charge in [0, 0.05) is 47.6 Å². The van der Waals surface area contributed by atoms with E-state index in [1.165, 1.54) is 36.5 Å². The van der Waals surface area contributed by atoms with Gasteiger partial charge in [-0.15, -0.1) is 11.3 Å². The van der Waals surface area contributed by atoms with Crippen LogP contribution < -0.4 is 0 Å². The third kappa shape index (κ3) is 5.09. The van der Waals surface area contributed by atoms with Gasteiger partial charge in [0.05, 0.1) is 0 Å². The van der Waals surface area contributed by atoms with E-state index >= 15 is 0 Å². The van der Waals surface area contributed by atoms with E-state index in [4.69, 9.17) is 19.4 Å². The van der Waals surface area contributed by atoms with E-state index in [2.05, 4.69) is 158 Å². The first-order valence-electron chi connectivity index (χ1n) is 18.0. The number of benzene rings is 8. The zero-order valence-electron chi connectivity index (χ0n) is 28.9. The molecule has 0 bridgehead atoms. The van der Waals surface area contributed by atoms with Crippen molar-refractivity contribution in [2.45, 2.75) is 0 Å². The summed E-state index contributed by atoms with van der Waals surface area (Å²) in [6.45, 7) is 0. The number of nitrogens with zero attached hydrogens (tertiary/aromatic N) is 3. The molecular weight excluding hydrogens is 679 g/mol. The Morgan fingerprint density at radius 2 is 1.02 bits per heavy atom. The minimum absolute atomic E-state index is 0.626. The van der Waals surface area contributed by atoms with Crippen LogP contribution in [0.2, 0.25) is 0 Å². The molecule has 0 saturated heterocycles. The molecule has 0 saturated carbocycles. The van der Waals surface area contributed by atoms with Crippen LogP contribution in [0.25, 0.3) is 109 Å². The lowest BCUT2D eigenvalue weighted by molar-refractivity contribution is 0.669. The van der Waals surface area contributed by atoms with Gasteiger partial charge in [-0.3, -0.25) is 0 Å². The molecule has 0 N–H and O–H groups in total. The van der Waals surface area contributed by atoms with Gasteiger partial charge in [-0.1, -0.05) is 133 Å². The Balaban J connectivity index is 1.05. The second-order valence-electron chi connectivity index (χ2n) is 13.6. The average Bonchev–Trinajstić information content (AvgIpc) is 3.82. The zero-order chi connectivity index (χ0) is 35.6. The highest BCUT2D eigenvalue weighted by molar-refractivity contribution is 7.25. The Morgan fingerprint density at radius 3 is 1.94 bits per heavy atom. The molecule has 5 heteroatoms. The molecule has 11 rings (SSSR count). The van der Waals surface area contributed by atoms with Crippen LogP contribution in [-0.4, -0.2) is 15.0 Å². The van der Waals surface area contributed by atoms with Crippen molar-refractivity contribution < 1.29 is 4.42 Å². The van der Waals surface area contributed by atoms with Crippen molar-refractivity contribution in [3.8, 4) is 56.4 Å². The molecular formula is C49H29N3OS. The van der Waals surface area contributed by atoms with E-state index in [9.17, 15) is 0 Å². The molecule has 3 heterocycles. The fraction of sp³-hybridized carbons (Fsp3) is 0. The minimum atomic E-state index is 0.626. The SMILES string of the molecule is c1ccc(-c2nc(-c3cccc(-c4cccc5oc6cc(-c7ccc8ccccc8c7)ccc6c45)c3)nc(-c3cccc4sc5ccccc5c34)n2)cc1. The molecule has 0 atom stereocenters. The summed E-state index contributed by atoms with van der Waals surface area (Å²) in [7, 11) is 0. The first-order chi connectivity index (χ1) is 26.7. The maximum absolute atomic E-state index is 6.54. The molecule has 54 heavy (non-hydrogen) atoms. The van der Waals surface area contributed by atoms with E-state index < -0.39 is 0 Å². The molecule has 4 nitrogen and oxygen atoms in total. The summed E-state index contributed by atoms with van der Waals surface area (Å²) in [4.78, 5) is 15.4. The highest BCUT2D eigenvalue weighted by Gasteiger charge is 2.18. The van der Waals surface area contributed by atoms with Crippen molar-refractivity contribution in [1.82, 2.24) is 15.0 Å². The van der Waals surface area contributed by atoms with Gasteiger partial charge in [0.25, 0.3) is 0 Å². The van der Waals surface area contributed by atoms with Crippen LogP contribution in [0.4, 0.5) is 0 Å². The van der Waals surface area contributed by atoms with E-state index in [1.807, 2.05) is 18.2 Å². The molecule has 0 unspecified atom stereocenters. The van der Waals surface area contributed by atoms with Gasteiger partial charge in [0.15, 0.2) is 17.5 Å². The molecule has 0 spiro atoms. The topological polar surface area (TPSA) is 51.8 Å². The smallest absolute Gasteiger partial charge is 0.164 e. The number of furan rings is 1. The van der Waals surface area contributed by atoms with Gasteiger partial charge >= 0.3 is 0 Å². The largest absolute Gasteiger partial charge is 0.456 e. The van der Waals surface area contributed by atoms with Crippen LogP contribution in [0.1, 0.15) is 0 Å². The van der Waals surface area contributed by atoms with Crippen LogP contribution in [0.5, 0.6) is 0 Å². The summed E-state index contributed by atoms with van der Waals surface area (Å²) in [5, 5.41) is 7.01. The molecule has 11 aromatic rings. The van der Waals surface area contributed by atoms with Gasteiger partial charge in [0.1, 0.15) is 11.2 Å². The maximum Gasteiger partial charge on any atom is 0.164 e. The first kappa shape index (κ1) is 30.7. The monoisotopic (exact) mass is 707 g/mol. The number of fused-ring (bicyclic) bond motifs is 7. The molecule has 0 aliphatic heterocycles. The Bertz CT molecular complexity index is 3230. The molecule has 0 amide bonds. The molecule has 0 fully saturated rings. The van der Waals surface area contributed by atoms with Crippen molar-refractivity contribution in [1.29, 1.82) is 0 Å². The maximum atomic E-state index is 6.54. The number of rotatable bonds is 5. The van der Waals surface area contributed by atoms with Crippen LogP contribution in [0.15, 0.2) is 180 Å². The summed E-state index contributed by atoms with van der Waals surface area (Å²) in [5.41, 5.74) is 9.03. The van der Waals surface area contributed by atoms with Gasteiger partial charge in [-0.25, -0.2) is 15.0 Å². The summed E-state index contributed by atoms with van der Waals surface area (Å²) in [6.07, 6.45) is 0. The predicted molar refractivity (Wildman–Crippen MR) is 225 cm³/mol. The third-order valence-corrected chi connectivity index (χ3v) is 11.5. The Hall–Kier alpha value is -6.95. The average molecular weight is 708 g/mol. The Labute approximate surface area is 314 Å². The fourth-order valence-corrected chi connectivity index (χ4v) is 8.88. The van der Waals surface area contributed by atoms with Crippen molar-refractivity contribution in [3.63, 3.8) is 0 Å². The second-order valence-corrected chi connectivity index (χ2v) is 14.7. The molecule has 252 valence electrons. The van der Waals surface area contributed by atoms with E-state index in [-0.39, 0.29) is 0 Å². The van der Waals surface area contributed by atoms with Crippen molar-refractivity contribution in [2.75, 3.05) is 0 Å². The summed E-state index contributed by atoms with van der Waals surface area (Å²) < 4.78 is 8.99. The van der Waals surface area contributed by atoms with Crippen LogP contribution in [0.3, 0.4) is 0 Å². The summed E-state index contributed by atoms with van der Waals surface area (Å²) >= 11 is 1.79. The first-order valence-corrected chi connectivity index (χ1v) is 18.8. The van der Waals surface area contributed by atoms with E-state index in [1.54, 1.807) is 11.3 Å². The van der Waals surface area contributed by atoms with Crippen molar-refractivity contribution >= 4 is 64.2 Å². The molecule has 3 aromatic heterocycles. The third-order valence-electron chi connectivity index (χ3n) is 10.3. The summed E-state index contributed by atoms with van der Waals surface area (Å²) in [6, 6.07) is 61.5. The molecule has 0 radical (unpaired) electrons. The number of thiophene rings is 1. The normalized spacial score (nSPS) is 11.7. The molecule has 0 aliphatic rings. The lowest BCUT2D eigenvalue weighted by atomic mass is 9.96. The zero-order valence-corrected chi connectivity index (χ0v) is 29.7. The van der Waals surface area contributed by atoms with Crippen LogP contribution in [0, 0.1) is 0 Å². The fourth-order valence-electron chi connectivity index (χ4n) is 7.74. The minimum Gasteiger partial charge on any atom is -0.456 e. The lowest BCUT2D eigenvalue weighted by Gasteiger charge is -2.11. The molecule has 0 aliphatic carbocycles. The Morgan fingerprint density at radius 1 is 0.352 bits per heavy atom. The van der Waals surface area contributed by atoms with E-state index in [0.29, 0.717) is 17.5 Å². The quantitative estimate of drug-likeness (QED) is 0.179. The van der Waals surface area contributed by atoms with Gasteiger partial charge in [-0.05, 0) is 75.5 Å². The molecule has 8 aromatic carbocycles. The predicted octanol–water partition coefficient (Wildman–Crippen LogP) is 13.6. The van der Waals surface area contributed by atoms with Gasteiger partial charge in [-0.2, -0.15) is 0 Å². The van der Waals surface area contributed by atoms with Gasteiger partial charge in [0.2, 0.25) is 0 Å². The highest BCUT2D eigenvalue weighted by Crippen LogP contribution is 2.41. The van der Waals surface area contributed by atoms with Crippen LogP contribution >= 0.6 is 11.3 Å². The van der Waals surface area contributed by atoms with Crippen LogP contribution in [-0.2, 0) is 0 Å². The number of hydrogen-bond donors (Lipinski definition) is 0. The number of hydrogen-bond acceptors (Lipinski definition) is 5.